The third-order valence-electron chi connectivity index (χ3n) is 3.57. The summed E-state index contributed by atoms with van der Waals surface area (Å²) >= 11 is 0. The molecule has 1 aliphatic heterocycles. The van der Waals surface area contributed by atoms with Crippen molar-refractivity contribution in [3.8, 4) is 0 Å². The van der Waals surface area contributed by atoms with E-state index in [0.717, 1.165) is 18.2 Å². The molecule has 17 heavy (non-hydrogen) atoms. The van der Waals surface area contributed by atoms with Crippen LogP contribution in [0.1, 0.15) is 19.8 Å². The summed E-state index contributed by atoms with van der Waals surface area (Å²) in [5.41, 5.74) is 0. The predicted octanol–water partition coefficient (Wildman–Crippen LogP) is 2.02. The molecule has 1 saturated heterocycles. The second kappa shape index (κ2) is 5.36. The highest BCUT2D eigenvalue weighted by Gasteiger charge is 2.22. The molecule has 0 aromatic carbocycles. The van der Waals surface area contributed by atoms with Crippen LogP contribution in [-0.2, 0) is 0 Å². The van der Waals surface area contributed by atoms with E-state index in [-0.39, 0.29) is 0 Å². The first-order valence-electron chi connectivity index (χ1n) is 6.30. The maximum Gasteiger partial charge on any atom is 0.128 e. The third kappa shape index (κ3) is 3.09. The zero-order valence-electron chi connectivity index (χ0n) is 10.9. The molecule has 2 N–H and O–H groups in total. The lowest BCUT2D eigenvalue weighted by Crippen LogP contribution is -2.42. The van der Waals surface area contributed by atoms with Crippen LogP contribution in [0.5, 0.6) is 0 Å². The summed E-state index contributed by atoms with van der Waals surface area (Å²) < 4.78 is 0. The normalized spacial score (nSPS) is 25.6. The number of aromatic nitrogens is 1. The van der Waals surface area contributed by atoms with E-state index in [2.05, 4.69) is 34.5 Å². The van der Waals surface area contributed by atoms with E-state index >= 15 is 0 Å². The van der Waals surface area contributed by atoms with Gasteiger partial charge in [-0.05, 0) is 38.9 Å². The molecule has 0 amide bonds. The average Bonchev–Trinajstić information content (AvgIpc) is 2.34. The van der Waals surface area contributed by atoms with E-state index in [4.69, 9.17) is 0 Å². The van der Waals surface area contributed by atoms with Gasteiger partial charge in [0, 0.05) is 25.7 Å². The Hall–Kier alpha value is -1.29. The summed E-state index contributed by atoms with van der Waals surface area (Å²) in [7, 11) is 4.09. The molecular formula is C13H22N4. The van der Waals surface area contributed by atoms with E-state index in [0.29, 0.717) is 12.1 Å². The largest absolute Gasteiger partial charge is 0.373 e. The highest BCUT2D eigenvalue weighted by atomic mass is 15.2. The fraction of sp³-hybridized carbons (Fsp3) is 0.615. The van der Waals surface area contributed by atoms with Gasteiger partial charge < -0.3 is 15.5 Å². The van der Waals surface area contributed by atoms with E-state index in [1.165, 1.54) is 12.8 Å². The number of pyridine rings is 1. The van der Waals surface area contributed by atoms with Gasteiger partial charge in [0.05, 0.1) is 0 Å². The van der Waals surface area contributed by atoms with Crippen LogP contribution in [0.2, 0.25) is 0 Å². The van der Waals surface area contributed by atoms with Crippen molar-refractivity contribution in [2.24, 2.45) is 0 Å². The highest BCUT2D eigenvalue weighted by molar-refractivity contribution is 5.45. The van der Waals surface area contributed by atoms with Crippen molar-refractivity contribution < 1.29 is 0 Å². The smallest absolute Gasteiger partial charge is 0.128 e. The Bertz CT molecular complexity index is 366. The zero-order valence-corrected chi connectivity index (χ0v) is 10.9. The Balaban J connectivity index is 1.96. The summed E-state index contributed by atoms with van der Waals surface area (Å²) in [4.78, 5) is 6.91. The lowest BCUT2D eigenvalue weighted by Gasteiger charge is -2.35. The van der Waals surface area contributed by atoms with E-state index in [9.17, 15) is 0 Å². The summed E-state index contributed by atoms with van der Waals surface area (Å²) in [5.74, 6) is 1.88. The molecule has 0 radical (unpaired) electrons. The van der Waals surface area contributed by atoms with Gasteiger partial charge in [-0.3, -0.25) is 0 Å². The maximum absolute atomic E-state index is 4.49. The Labute approximate surface area is 103 Å². The molecule has 1 fully saturated rings. The highest BCUT2D eigenvalue weighted by Crippen LogP contribution is 2.19. The molecule has 2 rings (SSSR count). The molecule has 4 heteroatoms. The van der Waals surface area contributed by atoms with Crippen molar-refractivity contribution in [3.05, 3.63) is 18.2 Å². The minimum atomic E-state index is 0.542. The van der Waals surface area contributed by atoms with Gasteiger partial charge in [0.25, 0.3) is 0 Å². The third-order valence-corrected chi connectivity index (χ3v) is 3.57. The lowest BCUT2D eigenvalue weighted by atomic mass is 9.99. The zero-order chi connectivity index (χ0) is 12.3. The lowest BCUT2D eigenvalue weighted by molar-refractivity contribution is 0.190. The monoisotopic (exact) mass is 234 g/mol. The van der Waals surface area contributed by atoms with E-state index in [1.54, 1.807) is 0 Å². The molecule has 1 aliphatic rings. The van der Waals surface area contributed by atoms with Crippen molar-refractivity contribution in [1.29, 1.82) is 0 Å². The van der Waals surface area contributed by atoms with Crippen LogP contribution in [0, 0.1) is 0 Å². The molecule has 2 heterocycles. The predicted molar refractivity (Wildman–Crippen MR) is 72.5 cm³/mol. The van der Waals surface area contributed by atoms with Gasteiger partial charge in [0.2, 0.25) is 0 Å². The minimum absolute atomic E-state index is 0.542. The number of anilines is 2. The van der Waals surface area contributed by atoms with Gasteiger partial charge in [-0.1, -0.05) is 6.07 Å². The topological polar surface area (TPSA) is 40.2 Å². The first-order chi connectivity index (χ1) is 8.19. The van der Waals surface area contributed by atoms with Gasteiger partial charge in [-0.2, -0.15) is 0 Å². The molecule has 0 aliphatic carbocycles. The van der Waals surface area contributed by atoms with Crippen LogP contribution in [0.3, 0.4) is 0 Å². The summed E-state index contributed by atoms with van der Waals surface area (Å²) in [6.07, 6.45) is 2.37. The molecule has 0 bridgehead atoms. The van der Waals surface area contributed by atoms with Gasteiger partial charge >= 0.3 is 0 Å². The van der Waals surface area contributed by atoms with Crippen LogP contribution in [0.25, 0.3) is 0 Å². The summed E-state index contributed by atoms with van der Waals surface area (Å²) in [6, 6.07) is 7.22. The summed E-state index contributed by atoms with van der Waals surface area (Å²) in [6.45, 7) is 3.44. The minimum Gasteiger partial charge on any atom is -0.373 e. The van der Waals surface area contributed by atoms with Crippen LogP contribution in [-0.4, -0.2) is 42.6 Å². The Kier molecular flexibility index (Phi) is 3.84. The summed E-state index contributed by atoms with van der Waals surface area (Å²) in [5, 5.41) is 6.59. The molecule has 0 spiro atoms. The van der Waals surface area contributed by atoms with E-state index in [1.807, 2.05) is 25.2 Å². The van der Waals surface area contributed by atoms with Gasteiger partial charge in [-0.15, -0.1) is 0 Å². The van der Waals surface area contributed by atoms with Crippen molar-refractivity contribution in [2.75, 3.05) is 31.3 Å². The number of nitrogens with one attached hydrogen (secondary N) is 2. The van der Waals surface area contributed by atoms with Crippen LogP contribution in [0.15, 0.2) is 18.2 Å². The van der Waals surface area contributed by atoms with E-state index < -0.39 is 0 Å². The Morgan fingerprint density at radius 2 is 2.12 bits per heavy atom. The van der Waals surface area contributed by atoms with Crippen LogP contribution >= 0.6 is 0 Å². The first-order valence-corrected chi connectivity index (χ1v) is 6.30. The molecule has 1 aromatic rings. The fourth-order valence-corrected chi connectivity index (χ4v) is 2.28. The van der Waals surface area contributed by atoms with Crippen LogP contribution in [0.4, 0.5) is 11.6 Å². The Morgan fingerprint density at radius 1 is 1.35 bits per heavy atom. The number of likely N-dealkylation sites (tertiary alicyclic amines) is 1. The van der Waals surface area contributed by atoms with Crippen molar-refractivity contribution in [2.45, 2.75) is 31.8 Å². The molecule has 2 unspecified atom stereocenters. The number of hydrogen-bond donors (Lipinski definition) is 2. The SMILES string of the molecule is CNc1cccc(NC2CCN(C)C(C)C2)n1. The van der Waals surface area contributed by atoms with Crippen LogP contribution < -0.4 is 10.6 Å². The molecule has 2 atom stereocenters. The second-order valence-corrected chi connectivity index (χ2v) is 4.85. The van der Waals surface area contributed by atoms with Crippen molar-refractivity contribution in [3.63, 3.8) is 0 Å². The molecule has 0 saturated carbocycles. The quantitative estimate of drug-likeness (QED) is 0.839. The average molecular weight is 234 g/mol. The second-order valence-electron chi connectivity index (χ2n) is 4.85. The number of nitrogens with zero attached hydrogens (tertiary/aromatic N) is 2. The maximum atomic E-state index is 4.49. The fourth-order valence-electron chi connectivity index (χ4n) is 2.28. The first kappa shape index (κ1) is 12.2. The number of rotatable bonds is 3. The number of piperidine rings is 1. The van der Waals surface area contributed by atoms with Gasteiger partial charge in [0.1, 0.15) is 11.6 Å². The van der Waals surface area contributed by atoms with Gasteiger partial charge in [0.15, 0.2) is 0 Å². The van der Waals surface area contributed by atoms with Gasteiger partial charge in [-0.25, -0.2) is 4.98 Å². The standard InChI is InChI=1S/C13H22N4/c1-10-9-11(7-8-17(10)3)15-13-6-4-5-12(14-2)16-13/h4-6,10-11H,7-9H2,1-3H3,(H2,14,15,16). The molecule has 94 valence electrons. The molecule has 1 aromatic heterocycles. The Morgan fingerprint density at radius 3 is 2.82 bits per heavy atom. The van der Waals surface area contributed by atoms with Crippen molar-refractivity contribution in [1.82, 2.24) is 9.88 Å². The van der Waals surface area contributed by atoms with Crippen molar-refractivity contribution >= 4 is 11.6 Å². The molecule has 4 nitrogen and oxygen atoms in total. The number of hydrogen-bond acceptors (Lipinski definition) is 4. The molecular weight excluding hydrogens is 212 g/mol.